The number of piperazine rings is 1. The van der Waals surface area contributed by atoms with Gasteiger partial charge >= 0.3 is 0 Å². The Morgan fingerprint density at radius 2 is 1.75 bits per heavy atom. The molecule has 0 atom stereocenters. The van der Waals surface area contributed by atoms with Gasteiger partial charge < -0.3 is 15.0 Å². The Bertz CT molecular complexity index is 588. The summed E-state index contributed by atoms with van der Waals surface area (Å²) in [6, 6.07) is 9.25. The Morgan fingerprint density at radius 3 is 2.39 bits per heavy atom. The first-order chi connectivity index (χ1) is 13.6. The maximum Gasteiger partial charge on any atom is 0.246 e. The fourth-order valence-corrected chi connectivity index (χ4v) is 4.41. The van der Waals surface area contributed by atoms with Gasteiger partial charge in [0.05, 0.1) is 0 Å². The second kappa shape index (κ2) is 10.8. The second-order valence-corrected chi connectivity index (χ2v) is 8.38. The fourth-order valence-electron chi connectivity index (χ4n) is 4.41. The van der Waals surface area contributed by atoms with E-state index in [4.69, 9.17) is 4.74 Å². The van der Waals surface area contributed by atoms with Crippen molar-refractivity contribution in [2.24, 2.45) is 5.92 Å². The molecule has 0 aromatic heterocycles. The molecule has 1 aliphatic carbocycles. The monoisotopic (exact) mass is 387 g/mol. The molecule has 5 nitrogen and oxygen atoms in total. The summed E-state index contributed by atoms with van der Waals surface area (Å²) in [5, 5.41) is 3.12. The van der Waals surface area contributed by atoms with Crippen molar-refractivity contribution in [3.63, 3.8) is 0 Å². The number of hydrogen-bond acceptors (Lipinski definition) is 4. The molecule has 1 saturated carbocycles. The number of carbonyl (C=O) groups excluding carboxylic acids is 1. The number of amides is 1. The Kier molecular flexibility index (Phi) is 8.16. The number of benzene rings is 1. The zero-order valence-electron chi connectivity index (χ0n) is 17.7. The lowest BCUT2D eigenvalue weighted by Gasteiger charge is -2.37. The minimum absolute atomic E-state index is 0.0387. The predicted molar refractivity (Wildman–Crippen MR) is 115 cm³/mol. The van der Waals surface area contributed by atoms with Crippen molar-refractivity contribution in [1.29, 1.82) is 0 Å². The first kappa shape index (κ1) is 21.1. The smallest absolute Gasteiger partial charge is 0.246 e. The summed E-state index contributed by atoms with van der Waals surface area (Å²) in [5.41, 5.74) is 2.68. The van der Waals surface area contributed by atoms with Gasteiger partial charge in [0.15, 0.2) is 0 Å². The molecule has 3 rings (SSSR count). The number of hydrogen-bond donors (Lipinski definition) is 1. The van der Waals surface area contributed by atoms with E-state index in [-0.39, 0.29) is 12.5 Å². The van der Waals surface area contributed by atoms with Gasteiger partial charge in [0, 0.05) is 44.5 Å². The maximum atomic E-state index is 11.8. The van der Waals surface area contributed by atoms with E-state index in [1.165, 1.54) is 37.1 Å². The van der Waals surface area contributed by atoms with E-state index in [1.807, 2.05) is 6.92 Å². The molecule has 1 aromatic rings. The number of nitrogens with zero attached hydrogens (tertiary/aromatic N) is 2. The summed E-state index contributed by atoms with van der Waals surface area (Å²) in [7, 11) is 0. The topological polar surface area (TPSA) is 44.8 Å². The van der Waals surface area contributed by atoms with Gasteiger partial charge in [-0.15, -0.1) is 0 Å². The Balaban J connectivity index is 1.30. The molecule has 0 bridgehead atoms. The third-order valence-electron chi connectivity index (χ3n) is 6.27. The largest absolute Gasteiger partial charge is 0.372 e. The van der Waals surface area contributed by atoms with Gasteiger partial charge in [-0.1, -0.05) is 17.7 Å². The van der Waals surface area contributed by atoms with Crippen molar-refractivity contribution in [1.82, 2.24) is 10.2 Å². The zero-order valence-corrected chi connectivity index (χ0v) is 17.7. The van der Waals surface area contributed by atoms with E-state index in [9.17, 15) is 4.79 Å². The minimum atomic E-state index is 0.0387. The zero-order chi connectivity index (χ0) is 19.8. The number of aryl methyl sites for hydroxylation is 1. The van der Waals surface area contributed by atoms with Gasteiger partial charge in [-0.2, -0.15) is 0 Å². The molecule has 2 aliphatic rings. The van der Waals surface area contributed by atoms with Gasteiger partial charge in [0.1, 0.15) is 6.61 Å². The summed E-state index contributed by atoms with van der Waals surface area (Å²) in [5.74, 6) is 0.854. The summed E-state index contributed by atoms with van der Waals surface area (Å²) in [6.07, 6.45) is 6.00. The molecule has 0 unspecified atom stereocenters. The first-order valence-corrected chi connectivity index (χ1v) is 11.0. The minimum Gasteiger partial charge on any atom is -0.372 e. The number of carbonyl (C=O) groups is 1. The Morgan fingerprint density at radius 1 is 1.07 bits per heavy atom. The Labute approximate surface area is 170 Å². The van der Waals surface area contributed by atoms with Crippen LogP contribution in [0.25, 0.3) is 0 Å². The highest BCUT2D eigenvalue weighted by Crippen LogP contribution is 2.27. The van der Waals surface area contributed by atoms with Crippen molar-refractivity contribution in [3.05, 3.63) is 29.8 Å². The van der Waals surface area contributed by atoms with Crippen LogP contribution in [0.5, 0.6) is 0 Å². The van der Waals surface area contributed by atoms with Crippen LogP contribution in [0.4, 0.5) is 5.69 Å². The highest BCUT2D eigenvalue weighted by atomic mass is 16.5. The predicted octanol–water partition coefficient (Wildman–Crippen LogP) is 3.22. The molecule has 1 amide bonds. The molecule has 1 saturated heterocycles. The Hall–Kier alpha value is -1.59. The van der Waals surface area contributed by atoms with Crippen molar-refractivity contribution in [2.75, 3.05) is 50.8 Å². The van der Waals surface area contributed by atoms with Crippen LogP contribution in [-0.2, 0) is 9.53 Å². The molecular formula is C23H37N3O2. The molecule has 28 heavy (non-hydrogen) atoms. The second-order valence-electron chi connectivity index (χ2n) is 8.38. The first-order valence-electron chi connectivity index (χ1n) is 11.0. The fraction of sp³-hybridized carbons (Fsp3) is 0.696. The number of rotatable bonds is 8. The molecule has 1 aromatic carbocycles. The van der Waals surface area contributed by atoms with E-state index < -0.39 is 0 Å². The van der Waals surface area contributed by atoms with Gasteiger partial charge in [0.25, 0.3) is 0 Å². The number of anilines is 1. The van der Waals surface area contributed by atoms with E-state index in [1.54, 1.807) is 0 Å². The highest BCUT2D eigenvalue weighted by Gasteiger charge is 2.24. The molecule has 156 valence electrons. The van der Waals surface area contributed by atoms with Crippen LogP contribution in [0.3, 0.4) is 0 Å². The summed E-state index contributed by atoms with van der Waals surface area (Å²) >= 11 is 0. The maximum absolute atomic E-state index is 11.8. The van der Waals surface area contributed by atoms with Crippen LogP contribution in [0.15, 0.2) is 24.3 Å². The molecule has 5 heteroatoms. The van der Waals surface area contributed by atoms with Gasteiger partial charge in [-0.25, -0.2) is 0 Å². The van der Waals surface area contributed by atoms with Crippen LogP contribution in [0, 0.1) is 12.8 Å². The van der Waals surface area contributed by atoms with Crippen molar-refractivity contribution < 1.29 is 9.53 Å². The summed E-state index contributed by atoms with van der Waals surface area (Å²) in [4.78, 5) is 16.9. The number of nitrogens with one attached hydrogen (secondary N) is 1. The molecule has 0 radical (unpaired) electrons. The van der Waals surface area contributed by atoms with Crippen molar-refractivity contribution in [2.45, 2.75) is 52.0 Å². The lowest BCUT2D eigenvalue weighted by molar-refractivity contribution is -0.126. The van der Waals surface area contributed by atoms with Crippen molar-refractivity contribution >= 4 is 11.6 Å². The van der Waals surface area contributed by atoms with Crippen molar-refractivity contribution in [3.8, 4) is 0 Å². The van der Waals surface area contributed by atoms with Gasteiger partial charge in [-0.3, -0.25) is 9.69 Å². The standard InChI is InChI=1S/C23H37N3O2/c1-3-28-18-23(27)24-21-8-6-20(7-9-21)12-13-25-14-16-26(17-15-25)22-10-4-19(2)5-11-22/h4-5,10-11,20-21H,3,6-9,12-18H2,1-2H3,(H,24,27)/t20-,21-. The van der Waals surface area contributed by atoms with Crippen LogP contribution in [0.2, 0.25) is 0 Å². The van der Waals surface area contributed by atoms with E-state index in [2.05, 4.69) is 46.3 Å². The van der Waals surface area contributed by atoms with E-state index >= 15 is 0 Å². The molecule has 1 heterocycles. The van der Waals surface area contributed by atoms with E-state index in [0.29, 0.717) is 12.6 Å². The average Bonchev–Trinajstić information content (AvgIpc) is 2.73. The lowest BCUT2D eigenvalue weighted by Crippen LogP contribution is -2.47. The third kappa shape index (κ3) is 6.49. The average molecular weight is 388 g/mol. The van der Waals surface area contributed by atoms with E-state index in [0.717, 1.165) is 44.9 Å². The summed E-state index contributed by atoms with van der Waals surface area (Å²) in [6.45, 7) is 10.7. The van der Waals surface area contributed by atoms with Gasteiger partial charge in [-0.05, 0) is 70.5 Å². The SMILES string of the molecule is CCOCC(=O)N[C@H]1CC[C@H](CCN2CCN(c3ccc(C)cc3)CC2)CC1. The molecule has 0 spiro atoms. The van der Waals surface area contributed by atoms with Crippen LogP contribution >= 0.6 is 0 Å². The number of ether oxygens (including phenoxy) is 1. The van der Waals surface area contributed by atoms with Gasteiger partial charge in [0.2, 0.25) is 5.91 Å². The summed E-state index contributed by atoms with van der Waals surface area (Å²) < 4.78 is 5.18. The highest BCUT2D eigenvalue weighted by molar-refractivity contribution is 5.77. The third-order valence-corrected chi connectivity index (χ3v) is 6.27. The molecular weight excluding hydrogens is 350 g/mol. The molecule has 1 N–H and O–H groups in total. The molecule has 1 aliphatic heterocycles. The van der Waals surface area contributed by atoms with Crippen LogP contribution in [-0.4, -0.2) is 62.8 Å². The lowest BCUT2D eigenvalue weighted by atomic mass is 9.84. The van der Waals surface area contributed by atoms with Crippen LogP contribution < -0.4 is 10.2 Å². The van der Waals surface area contributed by atoms with Crippen LogP contribution in [0.1, 0.15) is 44.6 Å². The molecule has 2 fully saturated rings. The normalized spacial score (nSPS) is 23.6. The quantitative estimate of drug-likeness (QED) is 0.744.